The Morgan fingerprint density at radius 1 is 1.21 bits per heavy atom. The van der Waals surface area contributed by atoms with E-state index in [1.807, 2.05) is 0 Å². The van der Waals surface area contributed by atoms with Crippen molar-refractivity contribution in [3.63, 3.8) is 0 Å². The Hall–Kier alpha value is -3.14. The number of amides is 1. The molecule has 9 nitrogen and oxygen atoms in total. The Bertz CT molecular complexity index is 919. The number of ether oxygens (including phenoxy) is 1. The van der Waals surface area contributed by atoms with E-state index in [2.05, 4.69) is 5.32 Å². The van der Waals surface area contributed by atoms with E-state index in [1.54, 1.807) is 6.92 Å². The highest BCUT2D eigenvalue weighted by Gasteiger charge is 2.28. The van der Waals surface area contributed by atoms with Gasteiger partial charge in [-0.15, -0.1) is 11.8 Å². The first-order valence-corrected chi connectivity index (χ1v) is 9.21. The second-order valence-corrected chi connectivity index (χ2v) is 6.65. The van der Waals surface area contributed by atoms with Crippen molar-refractivity contribution < 1.29 is 28.5 Å². The molecule has 0 aliphatic heterocycles. The van der Waals surface area contributed by atoms with Crippen LogP contribution in [-0.4, -0.2) is 34.9 Å². The summed E-state index contributed by atoms with van der Waals surface area (Å²) in [4.78, 5) is 47.1. The number of carbonyl (C=O) groups is 3. The van der Waals surface area contributed by atoms with Crippen LogP contribution >= 0.6 is 11.8 Å². The van der Waals surface area contributed by atoms with E-state index in [0.29, 0.717) is 4.90 Å². The minimum absolute atomic E-state index is 0.0325. The van der Waals surface area contributed by atoms with E-state index < -0.39 is 16.8 Å². The molecule has 1 amide bonds. The molecule has 1 aromatic carbocycles. The van der Waals surface area contributed by atoms with Gasteiger partial charge in [-0.05, 0) is 32.9 Å². The van der Waals surface area contributed by atoms with Gasteiger partial charge in [-0.25, -0.2) is 4.79 Å². The molecule has 0 bridgehead atoms. The number of thioether (sulfide) groups is 1. The molecule has 1 aromatic heterocycles. The summed E-state index contributed by atoms with van der Waals surface area (Å²) >= 11 is 1.15. The molecule has 0 atom stereocenters. The van der Waals surface area contributed by atoms with Crippen molar-refractivity contribution in [3.05, 3.63) is 51.3 Å². The summed E-state index contributed by atoms with van der Waals surface area (Å²) in [5.74, 6) is -1.59. The Morgan fingerprint density at radius 2 is 1.86 bits per heavy atom. The van der Waals surface area contributed by atoms with Gasteiger partial charge >= 0.3 is 5.97 Å². The summed E-state index contributed by atoms with van der Waals surface area (Å²) in [5, 5.41) is 13.1. The molecule has 0 radical (unpaired) electrons. The van der Waals surface area contributed by atoms with Crippen molar-refractivity contribution in [2.24, 2.45) is 0 Å². The molecule has 0 aliphatic carbocycles. The predicted molar refractivity (Wildman–Crippen MR) is 102 cm³/mol. The first kappa shape index (κ1) is 21.2. The van der Waals surface area contributed by atoms with Crippen LogP contribution in [0.25, 0.3) is 0 Å². The number of nitrogens with zero attached hydrogens (tertiary/aromatic N) is 1. The van der Waals surface area contributed by atoms with Gasteiger partial charge in [0, 0.05) is 17.0 Å². The molecule has 0 fully saturated rings. The van der Waals surface area contributed by atoms with E-state index in [9.17, 15) is 24.5 Å². The number of nitro benzene ring substituents is 1. The van der Waals surface area contributed by atoms with E-state index in [4.69, 9.17) is 9.15 Å². The first-order valence-electron chi connectivity index (χ1n) is 8.23. The maximum absolute atomic E-state index is 12.2. The van der Waals surface area contributed by atoms with Crippen LogP contribution in [0.2, 0.25) is 0 Å². The zero-order valence-corrected chi connectivity index (χ0v) is 16.3. The van der Waals surface area contributed by atoms with Crippen molar-refractivity contribution >= 4 is 41.0 Å². The highest BCUT2D eigenvalue weighted by Crippen LogP contribution is 2.29. The van der Waals surface area contributed by atoms with Gasteiger partial charge < -0.3 is 9.15 Å². The summed E-state index contributed by atoms with van der Waals surface area (Å²) in [6.07, 6.45) is 0. The van der Waals surface area contributed by atoms with Gasteiger partial charge in [0.1, 0.15) is 11.3 Å². The Kier molecular flexibility index (Phi) is 6.94. The minimum atomic E-state index is -0.761. The maximum atomic E-state index is 12.2. The quantitative estimate of drug-likeness (QED) is 0.231. The van der Waals surface area contributed by atoms with Crippen LogP contribution in [0.5, 0.6) is 0 Å². The van der Waals surface area contributed by atoms with Gasteiger partial charge in [-0.2, -0.15) is 0 Å². The molecule has 0 aliphatic rings. The zero-order valence-electron chi connectivity index (χ0n) is 15.4. The van der Waals surface area contributed by atoms with Crippen LogP contribution in [0.3, 0.4) is 0 Å². The van der Waals surface area contributed by atoms with Crippen LogP contribution < -0.4 is 5.32 Å². The topological polar surface area (TPSA) is 129 Å². The average molecular weight is 406 g/mol. The van der Waals surface area contributed by atoms with Crippen molar-refractivity contribution in [2.45, 2.75) is 25.7 Å². The van der Waals surface area contributed by atoms with Crippen LogP contribution in [0.15, 0.2) is 33.6 Å². The predicted octanol–water partition coefficient (Wildman–Crippen LogP) is 3.61. The highest BCUT2D eigenvalue weighted by atomic mass is 32.2. The van der Waals surface area contributed by atoms with Crippen molar-refractivity contribution in [1.29, 1.82) is 0 Å². The molecule has 148 valence electrons. The molecule has 1 heterocycles. The summed E-state index contributed by atoms with van der Waals surface area (Å²) in [6.45, 7) is 4.53. The molecule has 0 spiro atoms. The number of non-ortho nitro benzene ring substituents is 1. The number of nitrogens with one attached hydrogen (secondary N) is 1. The Balaban J connectivity index is 2.12. The lowest BCUT2D eigenvalue weighted by molar-refractivity contribution is -0.384. The third kappa shape index (κ3) is 4.97. The van der Waals surface area contributed by atoms with Gasteiger partial charge in [-0.1, -0.05) is 0 Å². The number of hydrogen-bond acceptors (Lipinski definition) is 8. The fourth-order valence-corrected chi connectivity index (χ4v) is 3.13. The summed E-state index contributed by atoms with van der Waals surface area (Å²) in [5.41, 5.74) is -0.0898. The number of hydrogen-bond donors (Lipinski definition) is 1. The fraction of sp³-hybridized carbons (Fsp3) is 0.278. The number of anilines is 1. The number of esters is 1. The molecule has 0 saturated heterocycles. The number of carbonyl (C=O) groups excluding carboxylic acids is 3. The number of furan rings is 1. The Labute approximate surface area is 164 Å². The second kappa shape index (κ2) is 9.18. The van der Waals surface area contributed by atoms with Gasteiger partial charge in [-0.3, -0.25) is 25.0 Å². The first-order chi connectivity index (χ1) is 13.2. The van der Waals surface area contributed by atoms with Gasteiger partial charge in [0.15, 0.2) is 5.78 Å². The van der Waals surface area contributed by atoms with Crippen molar-refractivity contribution in [3.8, 4) is 0 Å². The highest BCUT2D eigenvalue weighted by molar-refractivity contribution is 8.00. The molecule has 0 saturated carbocycles. The number of Topliss-reactive ketones (excluding diaryl/α,β-unsaturated/α-hetero) is 1. The summed E-state index contributed by atoms with van der Waals surface area (Å²) in [7, 11) is 0. The third-order valence-corrected chi connectivity index (χ3v) is 4.60. The van der Waals surface area contributed by atoms with Crippen LogP contribution in [0.1, 0.15) is 40.3 Å². The fourth-order valence-electron chi connectivity index (χ4n) is 2.43. The standard InChI is InChI=1S/C18H18N2O7S/c1-4-26-18(23)16-15(10(2)21)11(3)27-17(16)19-14(22)9-28-13-7-5-12(6-8-13)20(24)25/h5-8H,4,9H2,1-3H3,(H,19,22). The van der Waals surface area contributed by atoms with E-state index in [-0.39, 0.29) is 46.6 Å². The number of benzene rings is 1. The molecular weight excluding hydrogens is 388 g/mol. The average Bonchev–Trinajstić information content (AvgIpc) is 2.96. The largest absolute Gasteiger partial charge is 0.462 e. The van der Waals surface area contributed by atoms with Crippen LogP contribution in [0.4, 0.5) is 11.6 Å². The third-order valence-electron chi connectivity index (χ3n) is 3.59. The Morgan fingerprint density at radius 3 is 2.39 bits per heavy atom. The summed E-state index contributed by atoms with van der Waals surface area (Å²) in [6, 6.07) is 5.75. The lowest BCUT2D eigenvalue weighted by Crippen LogP contribution is -2.17. The second-order valence-electron chi connectivity index (χ2n) is 5.60. The van der Waals surface area contributed by atoms with Crippen molar-refractivity contribution in [2.75, 3.05) is 17.7 Å². The van der Waals surface area contributed by atoms with Crippen LogP contribution in [-0.2, 0) is 9.53 Å². The van der Waals surface area contributed by atoms with Crippen LogP contribution in [0, 0.1) is 17.0 Å². The molecule has 1 N–H and O–H groups in total. The van der Waals surface area contributed by atoms with Crippen molar-refractivity contribution in [1.82, 2.24) is 0 Å². The number of rotatable bonds is 8. The number of aryl methyl sites for hydroxylation is 1. The van der Waals surface area contributed by atoms with Gasteiger partial charge in [0.05, 0.1) is 22.8 Å². The SMILES string of the molecule is CCOC(=O)c1c(NC(=O)CSc2ccc([N+](=O)[O-])cc2)oc(C)c1C(C)=O. The molecule has 28 heavy (non-hydrogen) atoms. The van der Waals surface area contributed by atoms with E-state index >= 15 is 0 Å². The normalized spacial score (nSPS) is 10.4. The number of ketones is 1. The van der Waals surface area contributed by atoms with E-state index in [0.717, 1.165) is 11.8 Å². The molecule has 10 heteroatoms. The molecular formula is C18H18N2O7S. The van der Waals surface area contributed by atoms with Gasteiger partial charge in [0.2, 0.25) is 11.8 Å². The van der Waals surface area contributed by atoms with Gasteiger partial charge in [0.25, 0.3) is 5.69 Å². The van der Waals surface area contributed by atoms with E-state index in [1.165, 1.54) is 38.1 Å². The zero-order chi connectivity index (χ0) is 20.8. The lowest BCUT2D eigenvalue weighted by Gasteiger charge is -2.06. The molecule has 2 aromatic rings. The molecule has 2 rings (SSSR count). The maximum Gasteiger partial charge on any atom is 0.344 e. The summed E-state index contributed by atoms with van der Waals surface area (Å²) < 4.78 is 10.4. The minimum Gasteiger partial charge on any atom is -0.462 e. The lowest BCUT2D eigenvalue weighted by atomic mass is 10.1. The molecule has 0 unspecified atom stereocenters. The number of nitro groups is 1. The monoisotopic (exact) mass is 406 g/mol. The smallest absolute Gasteiger partial charge is 0.344 e.